The molecule has 0 aliphatic rings. The average Bonchev–Trinajstić information content (AvgIpc) is 3.40. The molecular formula is C31H26F2N6O2S. The van der Waals surface area contributed by atoms with Crippen molar-refractivity contribution in [3.05, 3.63) is 121 Å². The van der Waals surface area contributed by atoms with E-state index in [4.69, 9.17) is 4.98 Å². The number of rotatable bonds is 7. The number of hydrogen-bond acceptors (Lipinski definition) is 6. The maximum absolute atomic E-state index is 13.8. The van der Waals surface area contributed by atoms with E-state index in [1.54, 1.807) is 59.9 Å². The summed E-state index contributed by atoms with van der Waals surface area (Å²) in [6.45, 7) is 0.434. The monoisotopic (exact) mass is 584 g/mol. The Labute approximate surface area is 241 Å². The molecule has 0 bridgehead atoms. The number of nitrogens with zero attached hydrogens (tertiary/aromatic N) is 5. The third-order valence-corrected chi connectivity index (χ3v) is 6.94. The fourth-order valence-corrected chi connectivity index (χ4v) is 4.85. The molecule has 0 saturated heterocycles. The van der Waals surface area contributed by atoms with Gasteiger partial charge in [0.1, 0.15) is 11.6 Å². The molecule has 8 nitrogen and oxygen atoms in total. The number of fused-ring (bicyclic) bond motifs is 1. The summed E-state index contributed by atoms with van der Waals surface area (Å²) in [5.41, 5.74) is 4.78. The molecule has 0 radical (unpaired) electrons. The van der Waals surface area contributed by atoms with Crippen LogP contribution in [0.15, 0.2) is 110 Å². The molecule has 0 atom stereocenters. The van der Waals surface area contributed by atoms with Crippen LogP contribution in [0.25, 0.3) is 44.5 Å². The Morgan fingerprint density at radius 2 is 1.31 bits per heavy atom. The van der Waals surface area contributed by atoms with E-state index in [0.717, 1.165) is 28.5 Å². The molecule has 212 valence electrons. The standard InChI is InChI=1S/C26H21F2N5O2S.C5H5N/c1-36(34,35)30-14-15-33-16-22-23(17-2-6-20(27)7-3-17)24(18-10-12-29-13-11-18)25(31-26(22)32-33)19-4-8-21(28)9-5-19;1-2-4-6-5-3-1/h2-13,16,30H,14-15H2,1H3;1-5H. The lowest BCUT2D eigenvalue weighted by atomic mass is 9.90. The van der Waals surface area contributed by atoms with Crippen LogP contribution in [0.5, 0.6) is 0 Å². The second-order valence-corrected chi connectivity index (χ2v) is 11.1. The summed E-state index contributed by atoms with van der Waals surface area (Å²) < 4.78 is 54.6. The molecule has 0 amide bonds. The maximum Gasteiger partial charge on any atom is 0.208 e. The molecule has 0 aliphatic carbocycles. The molecule has 4 aromatic heterocycles. The average molecular weight is 585 g/mol. The maximum atomic E-state index is 13.8. The largest absolute Gasteiger partial charge is 0.269 e. The first kappa shape index (κ1) is 28.7. The zero-order chi connectivity index (χ0) is 29.5. The zero-order valence-corrected chi connectivity index (χ0v) is 23.3. The summed E-state index contributed by atoms with van der Waals surface area (Å²) in [5.74, 6) is -0.734. The van der Waals surface area contributed by atoms with Crippen molar-refractivity contribution in [2.45, 2.75) is 6.54 Å². The molecule has 1 N–H and O–H groups in total. The van der Waals surface area contributed by atoms with Crippen molar-refractivity contribution in [3.8, 4) is 33.5 Å². The first-order chi connectivity index (χ1) is 20.3. The lowest BCUT2D eigenvalue weighted by Crippen LogP contribution is -2.26. The number of benzene rings is 2. The molecule has 6 rings (SSSR count). The van der Waals surface area contributed by atoms with Gasteiger partial charge in [-0.15, -0.1) is 0 Å². The van der Waals surface area contributed by atoms with Crippen molar-refractivity contribution in [2.75, 3.05) is 12.8 Å². The van der Waals surface area contributed by atoms with Gasteiger partial charge in [0.25, 0.3) is 0 Å². The van der Waals surface area contributed by atoms with E-state index in [1.807, 2.05) is 30.3 Å². The SMILES string of the molecule is CS(=O)(=O)NCCn1cc2c(-c3ccc(F)cc3)c(-c3ccncc3)c(-c3ccc(F)cc3)nc2n1.c1ccncc1. The normalized spacial score (nSPS) is 11.2. The van der Waals surface area contributed by atoms with Crippen LogP contribution < -0.4 is 4.72 Å². The molecule has 6 aromatic rings. The first-order valence-corrected chi connectivity index (χ1v) is 14.8. The topological polar surface area (TPSA) is 103 Å². The quantitative estimate of drug-likeness (QED) is 0.257. The Hall–Kier alpha value is -4.87. The Morgan fingerprint density at radius 3 is 1.86 bits per heavy atom. The van der Waals surface area contributed by atoms with Crippen molar-refractivity contribution < 1.29 is 17.2 Å². The number of aromatic nitrogens is 5. The third kappa shape index (κ3) is 7.06. The fraction of sp³-hybridized carbons (Fsp3) is 0.0968. The molecule has 0 aliphatic heterocycles. The lowest BCUT2D eigenvalue weighted by molar-refractivity contribution is 0.567. The highest BCUT2D eigenvalue weighted by Gasteiger charge is 2.22. The molecule has 0 saturated carbocycles. The van der Waals surface area contributed by atoms with Crippen molar-refractivity contribution >= 4 is 21.1 Å². The Morgan fingerprint density at radius 1 is 0.738 bits per heavy atom. The smallest absolute Gasteiger partial charge is 0.208 e. The summed E-state index contributed by atoms with van der Waals surface area (Å²) in [4.78, 5) is 12.8. The molecule has 0 fully saturated rings. The molecule has 11 heteroatoms. The van der Waals surface area contributed by atoms with Crippen LogP contribution in [-0.2, 0) is 16.6 Å². The van der Waals surface area contributed by atoms with Gasteiger partial charge < -0.3 is 0 Å². The summed E-state index contributed by atoms with van der Waals surface area (Å²) in [6, 6.07) is 21.6. The minimum absolute atomic E-state index is 0.154. The first-order valence-electron chi connectivity index (χ1n) is 12.9. The van der Waals surface area contributed by atoms with Crippen molar-refractivity contribution in [2.24, 2.45) is 0 Å². The van der Waals surface area contributed by atoms with Crippen LogP contribution in [0.3, 0.4) is 0 Å². The van der Waals surface area contributed by atoms with Gasteiger partial charge in [-0.25, -0.2) is 26.9 Å². The fourth-order valence-electron chi connectivity index (χ4n) is 4.39. The van der Waals surface area contributed by atoms with Crippen LogP contribution in [0.2, 0.25) is 0 Å². The second-order valence-electron chi connectivity index (χ2n) is 9.28. The highest BCUT2D eigenvalue weighted by molar-refractivity contribution is 7.88. The van der Waals surface area contributed by atoms with E-state index in [1.165, 1.54) is 24.3 Å². The van der Waals surface area contributed by atoms with Crippen molar-refractivity contribution in [1.82, 2.24) is 29.5 Å². The zero-order valence-electron chi connectivity index (χ0n) is 22.5. The van der Waals surface area contributed by atoms with Crippen LogP contribution in [0.4, 0.5) is 8.78 Å². The van der Waals surface area contributed by atoms with Crippen LogP contribution in [-0.4, -0.2) is 46.0 Å². The molecule has 42 heavy (non-hydrogen) atoms. The molecule has 2 aromatic carbocycles. The van der Waals surface area contributed by atoms with Crippen molar-refractivity contribution in [1.29, 1.82) is 0 Å². The van der Waals surface area contributed by atoms with Gasteiger partial charge in [-0.1, -0.05) is 18.2 Å². The van der Waals surface area contributed by atoms with Gasteiger partial charge in [0.05, 0.1) is 18.5 Å². The van der Waals surface area contributed by atoms with Crippen LogP contribution in [0.1, 0.15) is 0 Å². The van der Waals surface area contributed by atoms with Gasteiger partial charge in [-0.3, -0.25) is 14.6 Å². The van der Waals surface area contributed by atoms with Crippen LogP contribution in [0, 0.1) is 11.6 Å². The molecule has 4 heterocycles. The van der Waals surface area contributed by atoms with Gasteiger partial charge in [0.2, 0.25) is 10.0 Å². The number of halogens is 2. The third-order valence-electron chi connectivity index (χ3n) is 6.21. The Balaban J connectivity index is 0.000000524. The van der Waals surface area contributed by atoms with Crippen LogP contribution >= 0.6 is 0 Å². The van der Waals surface area contributed by atoms with Gasteiger partial charge in [-0.05, 0) is 71.8 Å². The number of nitrogens with one attached hydrogen (secondary N) is 1. The summed E-state index contributed by atoms with van der Waals surface area (Å²) in [5, 5.41) is 5.29. The Kier molecular flexibility index (Phi) is 8.70. The highest BCUT2D eigenvalue weighted by atomic mass is 32.2. The van der Waals surface area contributed by atoms with E-state index in [0.29, 0.717) is 22.3 Å². The number of hydrogen-bond donors (Lipinski definition) is 1. The molecular weight excluding hydrogens is 558 g/mol. The molecule has 0 spiro atoms. The summed E-state index contributed by atoms with van der Waals surface area (Å²) in [7, 11) is -3.35. The predicted molar refractivity (Wildman–Crippen MR) is 159 cm³/mol. The summed E-state index contributed by atoms with van der Waals surface area (Å²) in [6.07, 6.45) is 9.73. The lowest BCUT2D eigenvalue weighted by Gasteiger charge is -2.16. The van der Waals surface area contributed by atoms with Crippen molar-refractivity contribution in [3.63, 3.8) is 0 Å². The summed E-state index contributed by atoms with van der Waals surface area (Å²) >= 11 is 0. The van der Waals surface area contributed by atoms with Gasteiger partial charge in [0.15, 0.2) is 5.65 Å². The number of pyridine rings is 3. The predicted octanol–water partition coefficient (Wildman–Crippen LogP) is 5.74. The van der Waals surface area contributed by atoms with E-state index in [2.05, 4.69) is 19.8 Å². The Bertz CT molecular complexity index is 1860. The van der Waals surface area contributed by atoms with Gasteiger partial charge >= 0.3 is 0 Å². The van der Waals surface area contributed by atoms with E-state index in [-0.39, 0.29) is 24.7 Å². The van der Waals surface area contributed by atoms with E-state index < -0.39 is 10.0 Å². The van der Waals surface area contributed by atoms with Gasteiger partial charge in [-0.2, -0.15) is 5.10 Å². The molecule has 0 unspecified atom stereocenters. The minimum Gasteiger partial charge on any atom is -0.269 e. The van der Waals surface area contributed by atoms with E-state index in [9.17, 15) is 17.2 Å². The second kappa shape index (κ2) is 12.8. The minimum atomic E-state index is -3.35. The van der Waals surface area contributed by atoms with Gasteiger partial charge in [0, 0.05) is 59.6 Å². The highest BCUT2D eigenvalue weighted by Crippen LogP contribution is 2.42. The van der Waals surface area contributed by atoms with E-state index >= 15 is 0 Å². The number of sulfonamides is 1.